The predicted molar refractivity (Wildman–Crippen MR) is 147 cm³/mol. The van der Waals surface area contributed by atoms with Gasteiger partial charge in [0.15, 0.2) is 5.82 Å². The van der Waals surface area contributed by atoms with Gasteiger partial charge >= 0.3 is 6.09 Å². The number of piperazine rings is 1. The maximum Gasteiger partial charge on any atom is 0.410 e. The molecule has 0 unspecified atom stereocenters. The fourth-order valence-corrected chi connectivity index (χ4v) is 4.18. The molecule has 0 atom stereocenters. The number of aromatic nitrogens is 2. The molecule has 200 valence electrons. The number of amides is 2. The first-order valence-corrected chi connectivity index (χ1v) is 12.5. The number of nitrogens with one attached hydrogen (secondary N) is 1. The highest BCUT2D eigenvalue weighted by molar-refractivity contribution is 5.94. The summed E-state index contributed by atoms with van der Waals surface area (Å²) < 4.78 is 6.90. The lowest BCUT2D eigenvalue weighted by atomic mass is 10.0. The van der Waals surface area contributed by atoms with Gasteiger partial charge in [-0.3, -0.25) is 9.59 Å². The summed E-state index contributed by atoms with van der Waals surface area (Å²) in [5, 5.41) is 3.08. The largest absolute Gasteiger partial charge is 0.444 e. The molecule has 0 bridgehead atoms. The Bertz CT molecular complexity index is 1400. The molecule has 10 heteroatoms. The molecule has 38 heavy (non-hydrogen) atoms. The molecule has 1 saturated heterocycles. The van der Waals surface area contributed by atoms with Crippen molar-refractivity contribution in [3.05, 3.63) is 70.1 Å². The van der Waals surface area contributed by atoms with Gasteiger partial charge in [-0.1, -0.05) is 12.1 Å². The minimum absolute atomic E-state index is 0.117. The van der Waals surface area contributed by atoms with Crippen LogP contribution in [0.5, 0.6) is 0 Å². The SMILES string of the molecule is Cc1c(N)cccc1-c1cn(C)c(=O)c(Nc2ccc(C(=O)N3CCN(C(=O)OC(C)(C)C)CC3)cc2)n1. The van der Waals surface area contributed by atoms with Gasteiger partial charge in [-0.15, -0.1) is 0 Å². The zero-order valence-corrected chi connectivity index (χ0v) is 22.4. The van der Waals surface area contributed by atoms with E-state index >= 15 is 0 Å². The number of anilines is 3. The Morgan fingerprint density at radius 3 is 2.26 bits per heavy atom. The Balaban J connectivity index is 1.44. The summed E-state index contributed by atoms with van der Waals surface area (Å²) >= 11 is 0. The van der Waals surface area contributed by atoms with Gasteiger partial charge in [0.05, 0.1) is 5.69 Å². The quantitative estimate of drug-likeness (QED) is 0.504. The van der Waals surface area contributed by atoms with Gasteiger partial charge in [-0.2, -0.15) is 0 Å². The Kier molecular flexibility index (Phi) is 7.43. The second kappa shape index (κ2) is 10.6. The van der Waals surface area contributed by atoms with E-state index in [0.717, 1.165) is 11.1 Å². The lowest BCUT2D eigenvalue weighted by Crippen LogP contribution is -2.51. The molecular formula is C28H34N6O4. The number of nitrogens with two attached hydrogens (primary N) is 1. The summed E-state index contributed by atoms with van der Waals surface area (Å²) in [6.45, 7) is 9.08. The number of ether oxygens (including phenoxy) is 1. The van der Waals surface area contributed by atoms with Crippen LogP contribution in [-0.2, 0) is 11.8 Å². The molecule has 2 heterocycles. The standard InChI is InChI=1S/C28H34N6O4/c1-18-21(7-6-8-22(18)29)23-17-32(5)26(36)24(31-23)30-20-11-9-19(10-12-20)25(35)33-13-15-34(16-14-33)27(37)38-28(2,3)4/h6-12,17H,13-16,29H2,1-5H3,(H,30,31). The molecule has 2 amide bonds. The molecule has 1 aliphatic heterocycles. The van der Waals surface area contributed by atoms with Gasteiger partial charge in [-0.05, 0) is 63.6 Å². The second-order valence-corrected chi connectivity index (χ2v) is 10.4. The van der Waals surface area contributed by atoms with E-state index in [1.165, 1.54) is 4.57 Å². The molecular weight excluding hydrogens is 484 g/mol. The molecule has 0 aliphatic carbocycles. The Labute approximate surface area is 222 Å². The normalized spacial score (nSPS) is 13.8. The highest BCUT2D eigenvalue weighted by atomic mass is 16.6. The maximum absolute atomic E-state index is 13.0. The van der Waals surface area contributed by atoms with Crippen LogP contribution in [-0.4, -0.2) is 63.1 Å². The predicted octanol–water partition coefficient (Wildman–Crippen LogP) is 3.77. The number of hydrogen-bond donors (Lipinski definition) is 2. The Morgan fingerprint density at radius 1 is 1.00 bits per heavy atom. The van der Waals surface area contributed by atoms with Crippen molar-refractivity contribution in [2.75, 3.05) is 37.2 Å². The summed E-state index contributed by atoms with van der Waals surface area (Å²) in [5.41, 5.74) is 9.37. The molecule has 2 aromatic carbocycles. The fraction of sp³-hybridized carbons (Fsp3) is 0.357. The molecule has 0 radical (unpaired) electrons. The second-order valence-electron chi connectivity index (χ2n) is 10.4. The maximum atomic E-state index is 13.0. The van der Waals surface area contributed by atoms with E-state index in [9.17, 15) is 14.4 Å². The van der Waals surface area contributed by atoms with E-state index in [1.807, 2.05) is 45.9 Å². The van der Waals surface area contributed by atoms with E-state index < -0.39 is 5.60 Å². The van der Waals surface area contributed by atoms with E-state index in [4.69, 9.17) is 10.5 Å². The summed E-state index contributed by atoms with van der Waals surface area (Å²) in [6.07, 6.45) is 1.31. The molecule has 3 aromatic rings. The van der Waals surface area contributed by atoms with Crippen LogP contribution in [0, 0.1) is 6.92 Å². The lowest BCUT2D eigenvalue weighted by molar-refractivity contribution is 0.0141. The molecule has 10 nitrogen and oxygen atoms in total. The van der Waals surface area contributed by atoms with Crippen LogP contribution < -0.4 is 16.6 Å². The number of nitrogen functional groups attached to an aromatic ring is 1. The monoisotopic (exact) mass is 518 g/mol. The first-order chi connectivity index (χ1) is 17.9. The summed E-state index contributed by atoms with van der Waals surface area (Å²) in [5.74, 6) is 0.0535. The van der Waals surface area contributed by atoms with Crippen molar-refractivity contribution in [2.45, 2.75) is 33.3 Å². The van der Waals surface area contributed by atoms with Gasteiger partial charge in [0.1, 0.15) is 5.60 Å². The number of carbonyl (C=O) groups is 2. The number of rotatable bonds is 4. The van der Waals surface area contributed by atoms with Crippen LogP contribution in [0.3, 0.4) is 0 Å². The fourth-order valence-electron chi connectivity index (χ4n) is 4.18. The third kappa shape index (κ3) is 5.96. The Morgan fingerprint density at radius 2 is 1.63 bits per heavy atom. The van der Waals surface area contributed by atoms with Crippen molar-refractivity contribution in [2.24, 2.45) is 7.05 Å². The summed E-state index contributed by atoms with van der Waals surface area (Å²) in [6, 6.07) is 12.5. The summed E-state index contributed by atoms with van der Waals surface area (Å²) in [7, 11) is 1.67. The average molecular weight is 519 g/mol. The smallest absolute Gasteiger partial charge is 0.410 e. The van der Waals surface area contributed by atoms with E-state index in [2.05, 4.69) is 10.3 Å². The molecule has 3 N–H and O–H groups in total. The number of benzene rings is 2. The van der Waals surface area contributed by atoms with Crippen LogP contribution in [0.2, 0.25) is 0 Å². The molecule has 1 aliphatic rings. The number of carbonyl (C=O) groups excluding carboxylic acids is 2. The van der Waals surface area contributed by atoms with Crippen LogP contribution in [0.25, 0.3) is 11.3 Å². The molecule has 0 spiro atoms. The topological polar surface area (TPSA) is 123 Å². The van der Waals surface area contributed by atoms with E-state index in [1.54, 1.807) is 47.3 Å². The van der Waals surface area contributed by atoms with E-state index in [-0.39, 0.29) is 23.4 Å². The molecule has 4 rings (SSSR count). The van der Waals surface area contributed by atoms with Gasteiger partial charge in [0.25, 0.3) is 11.5 Å². The van der Waals surface area contributed by atoms with Crippen molar-refractivity contribution in [3.63, 3.8) is 0 Å². The van der Waals surface area contributed by atoms with Crippen molar-refractivity contribution in [1.82, 2.24) is 19.4 Å². The highest BCUT2D eigenvalue weighted by Crippen LogP contribution is 2.26. The zero-order valence-electron chi connectivity index (χ0n) is 22.4. The van der Waals surface area contributed by atoms with Crippen molar-refractivity contribution < 1.29 is 14.3 Å². The van der Waals surface area contributed by atoms with Crippen molar-refractivity contribution >= 4 is 29.2 Å². The van der Waals surface area contributed by atoms with Crippen LogP contribution >= 0.6 is 0 Å². The van der Waals surface area contributed by atoms with Crippen molar-refractivity contribution in [3.8, 4) is 11.3 Å². The van der Waals surface area contributed by atoms with Gasteiger partial charge < -0.3 is 30.2 Å². The lowest BCUT2D eigenvalue weighted by Gasteiger charge is -2.35. The third-order valence-corrected chi connectivity index (χ3v) is 6.34. The van der Waals surface area contributed by atoms with Gasteiger partial charge in [0.2, 0.25) is 0 Å². The number of hydrogen-bond acceptors (Lipinski definition) is 7. The van der Waals surface area contributed by atoms with Gasteiger partial charge in [0, 0.05) is 61.9 Å². The van der Waals surface area contributed by atoms with Crippen molar-refractivity contribution in [1.29, 1.82) is 0 Å². The Hall–Kier alpha value is -4.34. The van der Waals surface area contributed by atoms with Crippen LogP contribution in [0.4, 0.5) is 22.0 Å². The average Bonchev–Trinajstić information content (AvgIpc) is 2.87. The van der Waals surface area contributed by atoms with Crippen LogP contribution in [0.1, 0.15) is 36.7 Å². The highest BCUT2D eigenvalue weighted by Gasteiger charge is 2.28. The molecule has 1 fully saturated rings. The van der Waals surface area contributed by atoms with E-state index in [0.29, 0.717) is 48.8 Å². The summed E-state index contributed by atoms with van der Waals surface area (Å²) in [4.78, 5) is 46.0. The first-order valence-electron chi connectivity index (χ1n) is 12.5. The van der Waals surface area contributed by atoms with Crippen LogP contribution in [0.15, 0.2) is 53.5 Å². The minimum Gasteiger partial charge on any atom is -0.444 e. The third-order valence-electron chi connectivity index (χ3n) is 6.34. The molecule has 0 saturated carbocycles. The molecule has 1 aromatic heterocycles. The first kappa shape index (κ1) is 26.7. The minimum atomic E-state index is -0.560. The number of aryl methyl sites for hydroxylation is 1. The zero-order chi connectivity index (χ0) is 27.6. The number of nitrogens with zero attached hydrogens (tertiary/aromatic N) is 4. The van der Waals surface area contributed by atoms with Gasteiger partial charge in [-0.25, -0.2) is 9.78 Å².